The van der Waals surface area contributed by atoms with Crippen molar-refractivity contribution in [2.45, 2.75) is 0 Å². The lowest BCUT2D eigenvalue weighted by atomic mass is 10.3. The molecule has 0 amide bonds. The maximum absolute atomic E-state index is 10.2. The molecule has 1 aromatic rings. The summed E-state index contributed by atoms with van der Waals surface area (Å²) in [5.41, 5.74) is 5.22. The van der Waals surface area contributed by atoms with Crippen molar-refractivity contribution >= 4 is 11.8 Å². The van der Waals surface area contributed by atoms with Gasteiger partial charge < -0.3 is 15.6 Å². The third-order valence-corrected chi connectivity index (χ3v) is 1.20. The Balaban J connectivity index is 3.17. The quantitative estimate of drug-likeness (QED) is 0.507. The molecule has 0 bridgehead atoms. The molecule has 0 aliphatic heterocycles. The van der Waals surface area contributed by atoms with E-state index in [-0.39, 0.29) is 11.4 Å². The van der Waals surface area contributed by atoms with Crippen molar-refractivity contribution in [1.82, 2.24) is 9.78 Å². The number of nitrogens with zero attached hydrogens (tertiary/aromatic N) is 2. The molecule has 0 radical (unpaired) electrons. The number of aromatic carboxylic acids is 1. The van der Waals surface area contributed by atoms with E-state index in [4.69, 9.17) is 5.73 Å². The molecule has 0 fully saturated rings. The Labute approximate surface area is 57.1 Å². The predicted molar refractivity (Wildman–Crippen MR) is 32.0 cm³/mol. The van der Waals surface area contributed by atoms with Crippen LogP contribution in [0.5, 0.6) is 0 Å². The first-order valence-corrected chi connectivity index (χ1v) is 2.61. The summed E-state index contributed by atoms with van der Waals surface area (Å²) in [6.45, 7) is 0. The number of carbonyl (C=O) groups is 1. The summed E-state index contributed by atoms with van der Waals surface area (Å²) < 4.78 is 1.27. The first kappa shape index (κ1) is 6.60. The SMILES string of the molecule is Cn1ncc(C(=O)[O-])c1N. The van der Waals surface area contributed by atoms with Gasteiger partial charge in [-0.15, -0.1) is 0 Å². The molecule has 0 aliphatic carbocycles. The fourth-order valence-corrected chi connectivity index (χ4v) is 0.604. The molecule has 10 heavy (non-hydrogen) atoms. The number of carboxylic acids is 1. The van der Waals surface area contributed by atoms with E-state index in [0.717, 1.165) is 6.20 Å². The van der Waals surface area contributed by atoms with Crippen molar-refractivity contribution in [2.75, 3.05) is 5.73 Å². The van der Waals surface area contributed by atoms with E-state index >= 15 is 0 Å². The van der Waals surface area contributed by atoms with Gasteiger partial charge in [-0.25, -0.2) is 0 Å². The lowest BCUT2D eigenvalue weighted by Gasteiger charge is -1.98. The van der Waals surface area contributed by atoms with Crippen LogP contribution in [-0.2, 0) is 7.05 Å². The van der Waals surface area contributed by atoms with Crippen LogP contribution in [0, 0.1) is 0 Å². The van der Waals surface area contributed by atoms with Crippen LogP contribution in [0.1, 0.15) is 10.4 Å². The van der Waals surface area contributed by atoms with Gasteiger partial charge in [0.05, 0.1) is 17.7 Å². The molecule has 1 rings (SSSR count). The van der Waals surface area contributed by atoms with Crippen LogP contribution < -0.4 is 10.8 Å². The van der Waals surface area contributed by atoms with Crippen LogP contribution in [0.3, 0.4) is 0 Å². The number of hydrogen-bond donors (Lipinski definition) is 1. The largest absolute Gasteiger partial charge is 0.545 e. The van der Waals surface area contributed by atoms with Gasteiger partial charge in [0, 0.05) is 7.05 Å². The molecule has 0 unspecified atom stereocenters. The van der Waals surface area contributed by atoms with Gasteiger partial charge in [0.1, 0.15) is 5.82 Å². The van der Waals surface area contributed by atoms with Crippen molar-refractivity contribution in [3.63, 3.8) is 0 Å². The second kappa shape index (κ2) is 2.02. The molecule has 0 aromatic carbocycles. The van der Waals surface area contributed by atoms with Gasteiger partial charge in [0.15, 0.2) is 0 Å². The lowest BCUT2D eigenvalue weighted by molar-refractivity contribution is -0.254. The van der Waals surface area contributed by atoms with Crippen LogP contribution >= 0.6 is 0 Å². The highest BCUT2D eigenvalue weighted by Gasteiger charge is 2.03. The topological polar surface area (TPSA) is 84.0 Å². The monoisotopic (exact) mass is 140 g/mol. The summed E-state index contributed by atoms with van der Waals surface area (Å²) in [5, 5.41) is 13.8. The van der Waals surface area contributed by atoms with E-state index in [9.17, 15) is 9.90 Å². The molecule has 0 saturated carbocycles. The second-order valence-electron chi connectivity index (χ2n) is 1.85. The molecule has 0 spiro atoms. The molecule has 0 saturated heterocycles. The Morgan fingerprint density at radius 2 is 2.50 bits per heavy atom. The van der Waals surface area contributed by atoms with Crippen LogP contribution in [0.2, 0.25) is 0 Å². The van der Waals surface area contributed by atoms with Crippen LogP contribution in [0.4, 0.5) is 5.82 Å². The molecule has 5 nitrogen and oxygen atoms in total. The number of aryl methyl sites for hydroxylation is 1. The van der Waals surface area contributed by atoms with E-state index in [1.807, 2.05) is 0 Å². The normalized spacial score (nSPS) is 9.70. The molecule has 1 aromatic heterocycles. The number of nitrogen functional groups attached to an aromatic ring is 1. The van der Waals surface area contributed by atoms with E-state index in [1.54, 1.807) is 7.05 Å². The third-order valence-electron chi connectivity index (χ3n) is 1.20. The van der Waals surface area contributed by atoms with Crippen LogP contribution in [0.25, 0.3) is 0 Å². The highest BCUT2D eigenvalue weighted by molar-refractivity contribution is 5.90. The highest BCUT2D eigenvalue weighted by Crippen LogP contribution is 2.06. The second-order valence-corrected chi connectivity index (χ2v) is 1.85. The smallest absolute Gasteiger partial charge is 0.130 e. The zero-order chi connectivity index (χ0) is 7.72. The van der Waals surface area contributed by atoms with Crippen molar-refractivity contribution < 1.29 is 9.90 Å². The first-order valence-electron chi connectivity index (χ1n) is 2.61. The number of hydrogen-bond acceptors (Lipinski definition) is 4. The minimum atomic E-state index is -1.30. The van der Waals surface area contributed by atoms with Crippen molar-refractivity contribution in [2.24, 2.45) is 7.05 Å². The van der Waals surface area contributed by atoms with Crippen molar-refractivity contribution in [3.8, 4) is 0 Å². The average Bonchev–Trinajstić information content (AvgIpc) is 2.14. The van der Waals surface area contributed by atoms with E-state index in [2.05, 4.69) is 5.10 Å². The van der Waals surface area contributed by atoms with Gasteiger partial charge in [-0.1, -0.05) is 0 Å². The number of aromatic nitrogens is 2. The van der Waals surface area contributed by atoms with Gasteiger partial charge in [0.25, 0.3) is 0 Å². The van der Waals surface area contributed by atoms with Crippen molar-refractivity contribution in [3.05, 3.63) is 11.8 Å². The summed E-state index contributed by atoms with van der Waals surface area (Å²) in [7, 11) is 1.56. The van der Waals surface area contributed by atoms with Crippen LogP contribution in [0.15, 0.2) is 6.20 Å². The third kappa shape index (κ3) is 0.812. The van der Waals surface area contributed by atoms with Gasteiger partial charge in [-0.3, -0.25) is 4.68 Å². The predicted octanol–water partition coefficient (Wildman–Crippen LogP) is -1.63. The Kier molecular flexibility index (Phi) is 1.33. The number of nitrogens with two attached hydrogens (primary N) is 1. The number of carboxylic acid groups (broad SMARTS) is 1. The molecule has 0 aliphatic rings. The molecule has 0 atom stereocenters. The standard InChI is InChI=1S/C5H7N3O2/c1-8-4(6)3(2-7-8)5(9)10/h2H,6H2,1H3,(H,9,10)/p-1. The lowest BCUT2D eigenvalue weighted by Crippen LogP contribution is -2.23. The summed E-state index contributed by atoms with van der Waals surface area (Å²) in [6, 6.07) is 0. The summed E-state index contributed by atoms with van der Waals surface area (Å²) in [4.78, 5) is 10.2. The number of rotatable bonds is 1. The maximum atomic E-state index is 10.2. The molecular formula is C5H6N3O2-. The molecular weight excluding hydrogens is 134 g/mol. The minimum absolute atomic E-state index is 0.0671. The van der Waals surface area contributed by atoms with E-state index in [0.29, 0.717) is 0 Å². The number of carbonyl (C=O) groups excluding carboxylic acids is 1. The molecule has 2 N–H and O–H groups in total. The molecule has 5 heteroatoms. The zero-order valence-electron chi connectivity index (χ0n) is 5.37. The Hall–Kier alpha value is -1.52. The van der Waals surface area contributed by atoms with Gasteiger partial charge in [-0.05, 0) is 0 Å². The van der Waals surface area contributed by atoms with Crippen molar-refractivity contribution in [1.29, 1.82) is 0 Å². The van der Waals surface area contributed by atoms with Gasteiger partial charge >= 0.3 is 0 Å². The van der Waals surface area contributed by atoms with E-state index in [1.165, 1.54) is 4.68 Å². The average molecular weight is 140 g/mol. The highest BCUT2D eigenvalue weighted by atomic mass is 16.4. The summed E-state index contributed by atoms with van der Waals surface area (Å²) >= 11 is 0. The summed E-state index contributed by atoms with van der Waals surface area (Å²) in [6.07, 6.45) is 1.16. The Morgan fingerprint density at radius 3 is 2.70 bits per heavy atom. The maximum Gasteiger partial charge on any atom is 0.130 e. The van der Waals surface area contributed by atoms with Gasteiger partial charge in [-0.2, -0.15) is 5.10 Å². The fraction of sp³-hybridized carbons (Fsp3) is 0.200. The molecule has 54 valence electrons. The zero-order valence-corrected chi connectivity index (χ0v) is 5.37. The summed E-state index contributed by atoms with van der Waals surface area (Å²) in [5.74, 6) is -1.19. The molecule has 1 heterocycles. The van der Waals surface area contributed by atoms with Crippen LogP contribution in [-0.4, -0.2) is 15.7 Å². The number of anilines is 1. The fourth-order valence-electron chi connectivity index (χ4n) is 0.604. The first-order chi connectivity index (χ1) is 4.63. The van der Waals surface area contributed by atoms with E-state index < -0.39 is 5.97 Å². The minimum Gasteiger partial charge on any atom is -0.545 e. The van der Waals surface area contributed by atoms with Gasteiger partial charge in [0.2, 0.25) is 0 Å². The Morgan fingerprint density at radius 1 is 1.90 bits per heavy atom. The Bertz CT molecular complexity index is 266.